The zero-order valence-corrected chi connectivity index (χ0v) is 9.86. The molecular weight excluding hydrogens is 212 g/mol. The summed E-state index contributed by atoms with van der Waals surface area (Å²) in [6.45, 7) is 2.09. The number of anilines is 1. The molecule has 17 heavy (non-hydrogen) atoms. The van der Waals surface area contributed by atoms with Gasteiger partial charge in [-0.2, -0.15) is 5.10 Å². The first kappa shape index (κ1) is 9.96. The lowest BCUT2D eigenvalue weighted by Gasteiger charge is -2.01. The van der Waals surface area contributed by atoms with E-state index in [0.717, 1.165) is 16.6 Å². The molecule has 0 aliphatic carbocycles. The van der Waals surface area contributed by atoms with Gasteiger partial charge in [0.15, 0.2) is 0 Å². The molecule has 86 valence electrons. The summed E-state index contributed by atoms with van der Waals surface area (Å²) in [7, 11) is 1.85. The number of hydrogen-bond acceptors (Lipinski definition) is 2. The molecule has 3 N–H and O–H groups in total. The van der Waals surface area contributed by atoms with Crippen molar-refractivity contribution in [1.82, 2.24) is 14.8 Å². The second-order valence-electron chi connectivity index (χ2n) is 4.30. The number of nitrogens with one attached hydrogen (secondary N) is 1. The molecule has 3 rings (SSSR count). The van der Waals surface area contributed by atoms with Crippen LogP contribution in [-0.2, 0) is 7.05 Å². The zero-order valence-electron chi connectivity index (χ0n) is 9.86. The van der Waals surface area contributed by atoms with Crippen LogP contribution in [0.25, 0.3) is 22.0 Å². The SMILES string of the molecule is Cc1c[nH]c2ccc(-c3cnn(C)c3N)cc12. The van der Waals surface area contributed by atoms with Gasteiger partial charge in [0.2, 0.25) is 0 Å². The molecule has 0 fully saturated rings. The normalized spacial score (nSPS) is 11.2. The number of aryl methyl sites for hydroxylation is 2. The summed E-state index contributed by atoms with van der Waals surface area (Å²) >= 11 is 0. The molecule has 0 bridgehead atoms. The van der Waals surface area contributed by atoms with E-state index >= 15 is 0 Å². The number of fused-ring (bicyclic) bond motifs is 1. The Bertz CT molecular complexity index is 691. The third-order valence-corrected chi connectivity index (χ3v) is 3.18. The number of hydrogen-bond donors (Lipinski definition) is 2. The fourth-order valence-electron chi connectivity index (χ4n) is 2.10. The Labute approximate surface area is 99.1 Å². The van der Waals surface area contributed by atoms with Gasteiger partial charge in [-0.3, -0.25) is 4.68 Å². The van der Waals surface area contributed by atoms with E-state index in [2.05, 4.69) is 35.2 Å². The first-order valence-electron chi connectivity index (χ1n) is 5.52. The topological polar surface area (TPSA) is 59.6 Å². The number of H-pyrrole nitrogens is 1. The quantitative estimate of drug-likeness (QED) is 0.669. The fourth-order valence-corrected chi connectivity index (χ4v) is 2.10. The molecule has 0 radical (unpaired) electrons. The number of nitrogen functional groups attached to an aromatic ring is 1. The van der Waals surface area contributed by atoms with E-state index in [1.807, 2.05) is 13.2 Å². The average molecular weight is 226 g/mol. The van der Waals surface area contributed by atoms with E-state index in [9.17, 15) is 0 Å². The third-order valence-electron chi connectivity index (χ3n) is 3.18. The third kappa shape index (κ3) is 1.41. The van der Waals surface area contributed by atoms with Crippen molar-refractivity contribution in [1.29, 1.82) is 0 Å². The number of aromatic amines is 1. The van der Waals surface area contributed by atoms with Crippen LogP contribution in [0.1, 0.15) is 5.56 Å². The van der Waals surface area contributed by atoms with Crippen LogP contribution in [0.4, 0.5) is 5.82 Å². The van der Waals surface area contributed by atoms with Crippen molar-refractivity contribution in [3.05, 3.63) is 36.2 Å². The van der Waals surface area contributed by atoms with Gasteiger partial charge in [-0.25, -0.2) is 0 Å². The highest BCUT2D eigenvalue weighted by Crippen LogP contribution is 2.29. The molecule has 2 heterocycles. The Balaban J connectivity index is 2.24. The van der Waals surface area contributed by atoms with Gasteiger partial charge >= 0.3 is 0 Å². The maximum atomic E-state index is 5.98. The van der Waals surface area contributed by atoms with Gasteiger partial charge in [0, 0.05) is 29.7 Å². The lowest BCUT2D eigenvalue weighted by atomic mass is 10.1. The minimum atomic E-state index is 0.692. The summed E-state index contributed by atoms with van der Waals surface area (Å²) in [6.07, 6.45) is 3.82. The standard InChI is InChI=1S/C13H14N4/c1-8-6-15-12-4-3-9(5-10(8)12)11-7-16-17(2)13(11)14/h3-7,15H,14H2,1-2H3. The maximum Gasteiger partial charge on any atom is 0.129 e. The molecule has 0 amide bonds. The van der Waals surface area contributed by atoms with Gasteiger partial charge in [-0.15, -0.1) is 0 Å². The molecule has 0 aliphatic rings. The van der Waals surface area contributed by atoms with Crippen molar-refractivity contribution < 1.29 is 0 Å². The molecule has 2 aromatic heterocycles. The molecule has 0 unspecified atom stereocenters. The number of nitrogens with zero attached hydrogens (tertiary/aromatic N) is 2. The van der Waals surface area contributed by atoms with Gasteiger partial charge in [0.05, 0.1) is 6.20 Å². The molecule has 3 aromatic rings. The lowest BCUT2D eigenvalue weighted by molar-refractivity contribution is 0.779. The van der Waals surface area contributed by atoms with E-state index in [0.29, 0.717) is 5.82 Å². The second-order valence-corrected chi connectivity index (χ2v) is 4.30. The number of nitrogens with two attached hydrogens (primary N) is 1. The lowest BCUT2D eigenvalue weighted by Crippen LogP contribution is -1.97. The van der Waals surface area contributed by atoms with Crippen LogP contribution < -0.4 is 5.73 Å². The molecule has 1 aromatic carbocycles. The van der Waals surface area contributed by atoms with Crippen molar-refractivity contribution in [3.8, 4) is 11.1 Å². The van der Waals surface area contributed by atoms with Crippen LogP contribution >= 0.6 is 0 Å². The van der Waals surface area contributed by atoms with E-state index in [4.69, 9.17) is 5.73 Å². The highest BCUT2D eigenvalue weighted by Gasteiger charge is 2.08. The van der Waals surface area contributed by atoms with E-state index < -0.39 is 0 Å². The van der Waals surface area contributed by atoms with Gasteiger partial charge in [-0.1, -0.05) is 6.07 Å². The van der Waals surface area contributed by atoms with Crippen molar-refractivity contribution in [2.45, 2.75) is 6.92 Å². The van der Waals surface area contributed by atoms with Crippen LogP contribution in [-0.4, -0.2) is 14.8 Å². The molecule has 0 aliphatic heterocycles. The second kappa shape index (κ2) is 3.38. The smallest absolute Gasteiger partial charge is 0.129 e. The maximum absolute atomic E-state index is 5.98. The van der Waals surface area contributed by atoms with Gasteiger partial charge in [-0.05, 0) is 30.2 Å². The fraction of sp³-hybridized carbons (Fsp3) is 0.154. The highest BCUT2D eigenvalue weighted by atomic mass is 15.3. The van der Waals surface area contributed by atoms with Crippen molar-refractivity contribution in [2.24, 2.45) is 7.05 Å². The Hall–Kier alpha value is -2.23. The summed E-state index contributed by atoms with van der Waals surface area (Å²) in [5.74, 6) is 0.692. The monoisotopic (exact) mass is 226 g/mol. The summed E-state index contributed by atoms with van der Waals surface area (Å²) < 4.78 is 1.68. The molecule has 4 nitrogen and oxygen atoms in total. The molecule has 0 atom stereocenters. The minimum absolute atomic E-state index is 0.692. The first-order chi connectivity index (χ1) is 8.16. The van der Waals surface area contributed by atoms with E-state index in [-0.39, 0.29) is 0 Å². The molecule has 0 saturated carbocycles. The highest BCUT2D eigenvalue weighted by molar-refractivity contribution is 5.89. The van der Waals surface area contributed by atoms with Crippen LogP contribution in [0.5, 0.6) is 0 Å². The van der Waals surface area contributed by atoms with Gasteiger partial charge < -0.3 is 10.7 Å². The number of rotatable bonds is 1. The average Bonchev–Trinajstić information content (AvgIpc) is 2.85. The molecule has 4 heteroatoms. The van der Waals surface area contributed by atoms with Crippen LogP contribution in [0.2, 0.25) is 0 Å². The van der Waals surface area contributed by atoms with Crippen LogP contribution in [0.15, 0.2) is 30.6 Å². The van der Waals surface area contributed by atoms with Crippen LogP contribution in [0, 0.1) is 6.92 Å². The van der Waals surface area contributed by atoms with Crippen molar-refractivity contribution >= 4 is 16.7 Å². The van der Waals surface area contributed by atoms with Gasteiger partial charge in [0.1, 0.15) is 5.82 Å². The van der Waals surface area contributed by atoms with Crippen LogP contribution in [0.3, 0.4) is 0 Å². The zero-order chi connectivity index (χ0) is 12.0. The minimum Gasteiger partial charge on any atom is -0.383 e. The predicted molar refractivity (Wildman–Crippen MR) is 69.7 cm³/mol. The largest absolute Gasteiger partial charge is 0.383 e. The number of aromatic nitrogens is 3. The predicted octanol–water partition coefficient (Wildman–Crippen LogP) is 2.46. The summed E-state index contributed by atoms with van der Waals surface area (Å²) in [5, 5.41) is 5.39. The van der Waals surface area contributed by atoms with Crippen molar-refractivity contribution in [2.75, 3.05) is 5.73 Å². The Morgan fingerprint density at radius 2 is 2.18 bits per heavy atom. The molecule has 0 spiro atoms. The Morgan fingerprint density at radius 1 is 1.35 bits per heavy atom. The number of benzene rings is 1. The van der Waals surface area contributed by atoms with E-state index in [1.54, 1.807) is 10.9 Å². The van der Waals surface area contributed by atoms with E-state index in [1.165, 1.54) is 10.9 Å². The van der Waals surface area contributed by atoms with Gasteiger partial charge in [0.25, 0.3) is 0 Å². The molecule has 0 saturated heterocycles. The summed E-state index contributed by atoms with van der Waals surface area (Å²) in [4.78, 5) is 3.23. The Morgan fingerprint density at radius 3 is 2.88 bits per heavy atom. The first-order valence-corrected chi connectivity index (χ1v) is 5.52. The summed E-state index contributed by atoms with van der Waals surface area (Å²) in [6, 6.07) is 6.28. The Kier molecular flexibility index (Phi) is 1.98. The summed E-state index contributed by atoms with van der Waals surface area (Å²) in [5.41, 5.74) is 10.5. The molecular formula is C13H14N4. The van der Waals surface area contributed by atoms with Crippen molar-refractivity contribution in [3.63, 3.8) is 0 Å².